The molecule has 0 atom stereocenters. The van der Waals surface area contributed by atoms with Crippen LogP contribution in [0.2, 0.25) is 0 Å². The highest BCUT2D eigenvalue weighted by molar-refractivity contribution is 5.94. The number of carbonyl (C=O) groups is 1. The molecular formula is C26H29N3O3. The second-order valence-corrected chi connectivity index (χ2v) is 7.93. The van der Waals surface area contributed by atoms with Crippen LogP contribution >= 0.6 is 0 Å². The van der Waals surface area contributed by atoms with E-state index in [1.54, 1.807) is 7.11 Å². The summed E-state index contributed by atoms with van der Waals surface area (Å²) in [7, 11) is 1.63. The summed E-state index contributed by atoms with van der Waals surface area (Å²) in [5.41, 5.74) is 2.65. The summed E-state index contributed by atoms with van der Waals surface area (Å²) >= 11 is 0. The average molecular weight is 432 g/mol. The molecule has 0 unspecified atom stereocenters. The topological polar surface area (TPSA) is 63.7 Å². The summed E-state index contributed by atoms with van der Waals surface area (Å²) in [4.78, 5) is 19.3. The molecule has 1 aromatic heterocycles. The van der Waals surface area contributed by atoms with Crippen molar-refractivity contribution in [3.63, 3.8) is 0 Å². The van der Waals surface area contributed by atoms with Gasteiger partial charge in [-0.25, -0.2) is 0 Å². The van der Waals surface area contributed by atoms with Crippen molar-refractivity contribution in [1.82, 2.24) is 15.2 Å². The van der Waals surface area contributed by atoms with Crippen molar-refractivity contribution in [3.8, 4) is 11.5 Å². The maximum atomic E-state index is 12.5. The van der Waals surface area contributed by atoms with Crippen molar-refractivity contribution in [2.45, 2.75) is 32.0 Å². The molecule has 0 aliphatic carbocycles. The lowest BCUT2D eigenvalue weighted by Gasteiger charge is -2.31. The second kappa shape index (κ2) is 10.8. The van der Waals surface area contributed by atoms with Gasteiger partial charge in [0.25, 0.3) is 5.91 Å². The van der Waals surface area contributed by atoms with Gasteiger partial charge in [0.1, 0.15) is 17.6 Å². The monoisotopic (exact) mass is 431 g/mol. The van der Waals surface area contributed by atoms with Crippen LogP contribution < -0.4 is 14.8 Å². The molecule has 1 amide bonds. The minimum atomic E-state index is -0.120. The molecule has 3 aromatic rings. The fourth-order valence-electron chi connectivity index (χ4n) is 3.91. The van der Waals surface area contributed by atoms with E-state index in [-0.39, 0.29) is 12.0 Å². The Hall–Kier alpha value is -3.38. The van der Waals surface area contributed by atoms with E-state index in [2.05, 4.69) is 21.3 Å². The van der Waals surface area contributed by atoms with Crippen LogP contribution in [-0.4, -0.2) is 42.1 Å². The number of likely N-dealkylation sites (tertiary alicyclic amines) is 1. The third-order valence-corrected chi connectivity index (χ3v) is 5.70. The number of amides is 1. The van der Waals surface area contributed by atoms with Gasteiger partial charge in [0, 0.05) is 43.5 Å². The van der Waals surface area contributed by atoms with Crippen LogP contribution in [0.3, 0.4) is 0 Å². The maximum Gasteiger partial charge on any atom is 0.251 e. The van der Waals surface area contributed by atoms with E-state index in [1.807, 2.05) is 66.9 Å². The van der Waals surface area contributed by atoms with Crippen LogP contribution in [0, 0.1) is 0 Å². The number of nitrogens with one attached hydrogen (secondary N) is 1. The quantitative estimate of drug-likeness (QED) is 0.583. The normalized spacial score (nSPS) is 14.7. The lowest BCUT2D eigenvalue weighted by Crippen LogP contribution is -2.37. The number of rotatable bonds is 8. The number of nitrogens with zero attached hydrogens (tertiary/aromatic N) is 2. The Morgan fingerprint density at radius 1 is 1.03 bits per heavy atom. The molecule has 1 saturated heterocycles. The Bertz CT molecular complexity index is 1000. The molecule has 0 spiro atoms. The van der Waals surface area contributed by atoms with Crippen LogP contribution in [0.15, 0.2) is 72.9 Å². The van der Waals surface area contributed by atoms with E-state index in [0.29, 0.717) is 12.1 Å². The molecule has 2 aromatic carbocycles. The second-order valence-electron chi connectivity index (χ2n) is 7.93. The summed E-state index contributed by atoms with van der Waals surface area (Å²) < 4.78 is 11.5. The van der Waals surface area contributed by atoms with Gasteiger partial charge >= 0.3 is 0 Å². The van der Waals surface area contributed by atoms with Gasteiger partial charge in [-0.05, 0) is 55.3 Å². The summed E-state index contributed by atoms with van der Waals surface area (Å²) in [6, 6.07) is 21.1. The molecule has 166 valence electrons. The number of hydrogen-bond donors (Lipinski definition) is 1. The average Bonchev–Trinajstić information content (AvgIpc) is 2.85. The fourth-order valence-corrected chi connectivity index (χ4v) is 3.91. The Morgan fingerprint density at radius 3 is 2.50 bits per heavy atom. The number of ether oxygens (including phenoxy) is 2. The molecule has 1 fully saturated rings. The maximum absolute atomic E-state index is 12.5. The first-order valence-corrected chi connectivity index (χ1v) is 11.0. The molecule has 1 aliphatic rings. The highest BCUT2D eigenvalue weighted by Crippen LogP contribution is 2.21. The number of carbonyl (C=O) groups excluding carboxylic acids is 1. The van der Waals surface area contributed by atoms with Gasteiger partial charge in [0.2, 0.25) is 0 Å². The van der Waals surface area contributed by atoms with Crippen molar-refractivity contribution in [1.29, 1.82) is 0 Å². The Labute approximate surface area is 189 Å². The molecule has 0 bridgehead atoms. The Morgan fingerprint density at radius 2 is 1.78 bits per heavy atom. The highest BCUT2D eigenvalue weighted by atomic mass is 16.5. The number of pyridine rings is 1. The van der Waals surface area contributed by atoms with E-state index in [4.69, 9.17) is 9.47 Å². The smallest absolute Gasteiger partial charge is 0.251 e. The summed E-state index contributed by atoms with van der Waals surface area (Å²) in [6.07, 6.45) is 4.00. The van der Waals surface area contributed by atoms with Crippen molar-refractivity contribution in [3.05, 3.63) is 89.7 Å². The number of benzene rings is 2. The van der Waals surface area contributed by atoms with Crippen LogP contribution in [0.5, 0.6) is 11.5 Å². The predicted octanol–water partition coefficient (Wildman–Crippen LogP) is 4.06. The van der Waals surface area contributed by atoms with Gasteiger partial charge < -0.3 is 14.8 Å². The van der Waals surface area contributed by atoms with Crippen molar-refractivity contribution < 1.29 is 14.3 Å². The van der Waals surface area contributed by atoms with Crippen LogP contribution in [0.4, 0.5) is 0 Å². The minimum Gasteiger partial charge on any atom is -0.496 e. The molecule has 2 heterocycles. The van der Waals surface area contributed by atoms with Crippen molar-refractivity contribution >= 4 is 5.91 Å². The standard InChI is InChI=1S/C26H29N3O3/c1-31-25-8-3-2-6-21(25)18-28-26(30)20-9-11-23(12-10-20)32-24-13-16-29(17-14-24)19-22-7-4-5-15-27-22/h2-12,15,24H,13-14,16-19H2,1H3,(H,28,30). The minimum absolute atomic E-state index is 0.120. The summed E-state index contributed by atoms with van der Waals surface area (Å²) in [5.74, 6) is 1.45. The molecule has 4 rings (SSSR count). The number of aromatic nitrogens is 1. The van der Waals surface area contributed by atoms with E-state index < -0.39 is 0 Å². The molecular weight excluding hydrogens is 402 g/mol. The van der Waals surface area contributed by atoms with Gasteiger partial charge in [-0.15, -0.1) is 0 Å². The first-order chi connectivity index (χ1) is 15.7. The van der Waals surface area contributed by atoms with Gasteiger partial charge in [-0.3, -0.25) is 14.7 Å². The first kappa shape index (κ1) is 21.8. The van der Waals surface area contributed by atoms with Crippen LogP contribution in [0.1, 0.15) is 34.5 Å². The lowest BCUT2D eigenvalue weighted by molar-refractivity contribution is 0.0947. The van der Waals surface area contributed by atoms with E-state index >= 15 is 0 Å². The van der Waals surface area contributed by atoms with E-state index in [1.165, 1.54) is 0 Å². The van der Waals surface area contributed by atoms with Crippen molar-refractivity contribution in [2.24, 2.45) is 0 Å². The van der Waals surface area contributed by atoms with Gasteiger partial charge in [0.15, 0.2) is 0 Å². The third kappa shape index (κ3) is 5.86. The summed E-state index contributed by atoms with van der Waals surface area (Å²) in [5, 5.41) is 2.95. The van der Waals surface area contributed by atoms with Gasteiger partial charge in [-0.1, -0.05) is 24.3 Å². The zero-order chi connectivity index (χ0) is 22.2. The molecule has 1 aliphatic heterocycles. The van der Waals surface area contributed by atoms with Gasteiger partial charge in [0.05, 0.1) is 12.8 Å². The summed E-state index contributed by atoms with van der Waals surface area (Å²) in [6.45, 7) is 3.28. The largest absolute Gasteiger partial charge is 0.496 e. The number of para-hydroxylation sites is 1. The molecule has 6 nitrogen and oxygen atoms in total. The Kier molecular flexibility index (Phi) is 7.35. The fraction of sp³-hybridized carbons (Fsp3) is 0.308. The predicted molar refractivity (Wildman–Crippen MR) is 124 cm³/mol. The highest BCUT2D eigenvalue weighted by Gasteiger charge is 2.21. The van der Waals surface area contributed by atoms with Crippen molar-refractivity contribution in [2.75, 3.05) is 20.2 Å². The zero-order valence-electron chi connectivity index (χ0n) is 18.4. The van der Waals surface area contributed by atoms with E-state index in [9.17, 15) is 4.79 Å². The van der Waals surface area contributed by atoms with E-state index in [0.717, 1.165) is 55.2 Å². The molecule has 32 heavy (non-hydrogen) atoms. The number of piperidine rings is 1. The first-order valence-electron chi connectivity index (χ1n) is 11.0. The molecule has 1 N–H and O–H groups in total. The van der Waals surface area contributed by atoms with Crippen LogP contribution in [-0.2, 0) is 13.1 Å². The molecule has 0 radical (unpaired) electrons. The van der Waals surface area contributed by atoms with Crippen LogP contribution in [0.25, 0.3) is 0 Å². The van der Waals surface area contributed by atoms with Gasteiger partial charge in [-0.2, -0.15) is 0 Å². The number of hydrogen-bond acceptors (Lipinski definition) is 5. The lowest BCUT2D eigenvalue weighted by atomic mass is 10.1. The Balaban J connectivity index is 1.24. The zero-order valence-corrected chi connectivity index (χ0v) is 18.4. The number of methoxy groups -OCH3 is 1. The SMILES string of the molecule is COc1ccccc1CNC(=O)c1ccc(OC2CCN(Cc3ccccn3)CC2)cc1. The molecule has 0 saturated carbocycles. The third-order valence-electron chi connectivity index (χ3n) is 5.70. The molecule has 6 heteroatoms.